The smallest absolute Gasteiger partial charge is 0.307 e. The topological polar surface area (TPSA) is 76.1 Å². The SMILES string of the molecule is CCCCC(CC)COC(=O)CCN(O)CCC(=O)OCC(CC)CCCC. The van der Waals surface area contributed by atoms with Crippen LogP contribution >= 0.6 is 0 Å². The van der Waals surface area contributed by atoms with Gasteiger partial charge >= 0.3 is 11.9 Å². The van der Waals surface area contributed by atoms with Gasteiger partial charge in [-0.3, -0.25) is 9.59 Å². The average molecular weight is 402 g/mol. The molecule has 0 fully saturated rings. The van der Waals surface area contributed by atoms with Crippen molar-refractivity contribution in [2.24, 2.45) is 11.8 Å². The molecule has 6 nitrogen and oxygen atoms in total. The maximum absolute atomic E-state index is 11.8. The lowest BCUT2D eigenvalue weighted by Gasteiger charge is -2.17. The number of unbranched alkanes of at least 4 members (excludes halogenated alkanes) is 2. The van der Waals surface area contributed by atoms with Gasteiger partial charge in [0.1, 0.15) is 0 Å². The van der Waals surface area contributed by atoms with E-state index in [0.29, 0.717) is 25.0 Å². The molecule has 0 aliphatic carbocycles. The fourth-order valence-electron chi connectivity index (χ4n) is 2.91. The first-order valence-corrected chi connectivity index (χ1v) is 11.2. The lowest BCUT2D eigenvalue weighted by Crippen LogP contribution is -2.27. The zero-order valence-corrected chi connectivity index (χ0v) is 18.6. The zero-order chi connectivity index (χ0) is 21.2. The highest BCUT2D eigenvalue weighted by atomic mass is 16.5. The molecule has 0 aromatic carbocycles. The molecule has 0 saturated carbocycles. The molecule has 0 aliphatic heterocycles. The van der Waals surface area contributed by atoms with Gasteiger partial charge in [0.05, 0.1) is 26.1 Å². The van der Waals surface area contributed by atoms with Gasteiger partial charge in [0, 0.05) is 13.1 Å². The molecule has 0 spiro atoms. The van der Waals surface area contributed by atoms with Crippen LogP contribution in [0.2, 0.25) is 0 Å². The summed E-state index contributed by atoms with van der Waals surface area (Å²) >= 11 is 0. The number of carbonyl (C=O) groups is 2. The third-order valence-corrected chi connectivity index (χ3v) is 5.19. The van der Waals surface area contributed by atoms with Crippen molar-refractivity contribution in [1.29, 1.82) is 0 Å². The van der Waals surface area contributed by atoms with E-state index in [4.69, 9.17) is 9.47 Å². The van der Waals surface area contributed by atoms with Crippen LogP contribution in [0, 0.1) is 11.8 Å². The Bertz CT molecular complexity index is 366. The van der Waals surface area contributed by atoms with Crippen molar-refractivity contribution in [3.8, 4) is 0 Å². The number of ether oxygens (including phenoxy) is 2. The summed E-state index contributed by atoms with van der Waals surface area (Å²) in [5.41, 5.74) is 0. The quantitative estimate of drug-likeness (QED) is 0.258. The Morgan fingerprint density at radius 1 is 0.786 bits per heavy atom. The predicted octanol–water partition coefficient (Wildman–Crippen LogP) is 4.98. The molecular formula is C22H43NO5. The molecule has 0 saturated heterocycles. The van der Waals surface area contributed by atoms with Crippen LogP contribution in [0.15, 0.2) is 0 Å². The Labute approximate surface area is 171 Å². The highest BCUT2D eigenvalue weighted by molar-refractivity contribution is 5.70. The first-order chi connectivity index (χ1) is 13.5. The van der Waals surface area contributed by atoms with Crippen LogP contribution in [-0.2, 0) is 19.1 Å². The van der Waals surface area contributed by atoms with Gasteiger partial charge in [-0.25, -0.2) is 0 Å². The molecule has 0 rings (SSSR count). The summed E-state index contributed by atoms with van der Waals surface area (Å²) in [5.74, 6) is 0.206. The molecule has 166 valence electrons. The molecule has 0 aliphatic rings. The van der Waals surface area contributed by atoms with Gasteiger partial charge in [-0.2, -0.15) is 5.06 Å². The van der Waals surface area contributed by atoms with Crippen LogP contribution in [0.4, 0.5) is 0 Å². The molecule has 2 atom stereocenters. The Morgan fingerprint density at radius 3 is 1.50 bits per heavy atom. The number of nitrogens with zero attached hydrogens (tertiary/aromatic N) is 1. The van der Waals surface area contributed by atoms with Crippen LogP contribution in [0.3, 0.4) is 0 Å². The summed E-state index contributed by atoms with van der Waals surface area (Å²) in [5, 5.41) is 10.8. The van der Waals surface area contributed by atoms with Crippen molar-refractivity contribution >= 4 is 11.9 Å². The standard InChI is InChI=1S/C22H43NO5/c1-5-9-11-19(7-3)17-27-21(24)13-15-23(26)16-14-22(25)28-18-20(8-4)12-10-6-2/h19-20,26H,5-18H2,1-4H3. The normalized spacial score (nSPS) is 13.4. The summed E-state index contributed by atoms with van der Waals surface area (Å²) in [6.45, 7) is 9.73. The first kappa shape index (κ1) is 26.9. The van der Waals surface area contributed by atoms with Gasteiger partial charge in [-0.05, 0) is 24.7 Å². The first-order valence-electron chi connectivity index (χ1n) is 11.2. The minimum Gasteiger partial charge on any atom is -0.465 e. The summed E-state index contributed by atoms with van der Waals surface area (Å²) in [4.78, 5) is 23.6. The molecule has 0 amide bonds. The Hall–Kier alpha value is -1.14. The van der Waals surface area contributed by atoms with Gasteiger partial charge in [0.25, 0.3) is 0 Å². The van der Waals surface area contributed by atoms with Gasteiger partial charge in [-0.1, -0.05) is 66.2 Å². The Kier molecular flexibility index (Phi) is 17.2. The van der Waals surface area contributed by atoms with E-state index in [0.717, 1.165) is 56.4 Å². The molecule has 0 aromatic heterocycles. The molecule has 0 radical (unpaired) electrons. The van der Waals surface area contributed by atoms with Gasteiger partial charge < -0.3 is 14.7 Å². The number of esters is 2. The third kappa shape index (κ3) is 14.9. The van der Waals surface area contributed by atoms with Crippen LogP contribution < -0.4 is 0 Å². The lowest BCUT2D eigenvalue weighted by atomic mass is 10.0. The minimum atomic E-state index is -0.307. The van der Waals surface area contributed by atoms with E-state index < -0.39 is 0 Å². The number of hydroxylamine groups is 2. The number of rotatable bonds is 18. The second-order valence-electron chi connectivity index (χ2n) is 7.65. The fraction of sp³-hybridized carbons (Fsp3) is 0.909. The largest absolute Gasteiger partial charge is 0.465 e. The summed E-state index contributed by atoms with van der Waals surface area (Å²) in [6.07, 6.45) is 8.96. The van der Waals surface area contributed by atoms with Crippen molar-refractivity contribution < 1.29 is 24.3 Å². The molecule has 1 N–H and O–H groups in total. The molecule has 0 aromatic rings. The zero-order valence-electron chi connectivity index (χ0n) is 18.6. The monoisotopic (exact) mass is 401 g/mol. The third-order valence-electron chi connectivity index (χ3n) is 5.19. The van der Waals surface area contributed by atoms with Crippen molar-refractivity contribution in [1.82, 2.24) is 5.06 Å². The van der Waals surface area contributed by atoms with E-state index in [1.54, 1.807) is 0 Å². The highest BCUT2D eigenvalue weighted by Crippen LogP contribution is 2.14. The second kappa shape index (κ2) is 17.9. The van der Waals surface area contributed by atoms with Gasteiger partial charge in [-0.15, -0.1) is 0 Å². The summed E-state index contributed by atoms with van der Waals surface area (Å²) < 4.78 is 10.6. The lowest BCUT2D eigenvalue weighted by molar-refractivity contribution is -0.153. The van der Waals surface area contributed by atoms with Crippen molar-refractivity contribution in [2.75, 3.05) is 26.3 Å². The predicted molar refractivity (Wildman–Crippen MR) is 111 cm³/mol. The van der Waals surface area contributed by atoms with Gasteiger partial charge in [0.15, 0.2) is 0 Å². The fourth-order valence-corrected chi connectivity index (χ4v) is 2.91. The number of hydrogen-bond donors (Lipinski definition) is 1. The molecule has 6 heteroatoms. The van der Waals surface area contributed by atoms with Crippen molar-refractivity contribution in [3.05, 3.63) is 0 Å². The Morgan fingerprint density at radius 2 is 1.18 bits per heavy atom. The molecule has 28 heavy (non-hydrogen) atoms. The highest BCUT2D eigenvalue weighted by Gasteiger charge is 2.14. The van der Waals surface area contributed by atoms with E-state index in [2.05, 4.69) is 27.7 Å². The molecule has 0 bridgehead atoms. The van der Waals surface area contributed by atoms with Crippen LogP contribution in [0.5, 0.6) is 0 Å². The minimum absolute atomic E-state index is 0.116. The average Bonchev–Trinajstić information content (AvgIpc) is 2.70. The maximum Gasteiger partial charge on any atom is 0.307 e. The van der Waals surface area contributed by atoms with E-state index in [1.807, 2.05) is 0 Å². The van der Waals surface area contributed by atoms with E-state index in [1.165, 1.54) is 0 Å². The summed E-state index contributed by atoms with van der Waals surface area (Å²) in [7, 11) is 0. The second-order valence-corrected chi connectivity index (χ2v) is 7.65. The van der Waals surface area contributed by atoms with E-state index >= 15 is 0 Å². The Balaban J connectivity index is 3.88. The molecular weight excluding hydrogens is 358 g/mol. The number of carbonyl (C=O) groups excluding carboxylic acids is 2. The molecule has 0 heterocycles. The summed E-state index contributed by atoms with van der Waals surface area (Å²) in [6, 6.07) is 0. The van der Waals surface area contributed by atoms with Crippen molar-refractivity contribution in [3.63, 3.8) is 0 Å². The van der Waals surface area contributed by atoms with Crippen LogP contribution in [0.25, 0.3) is 0 Å². The van der Waals surface area contributed by atoms with Crippen molar-refractivity contribution in [2.45, 2.75) is 91.9 Å². The van der Waals surface area contributed by atoms with E-state index in [9.17, 15) is 14.8 Å². The van der Waals surface area contributed by atoms with Gasteiger partial charge in [0.2, 0.25) is 0 Å². The van der Waals surface area contributed by atoms with Crippen LogP contribution in [0.1, 0.15) is 91.9 Å². The maximum atomic E-state index is 11.8. The number of hydrogen-bond acceptors (Lipinski definition) is 6. The van der Waals surface area contributed by atoms with E-state index in [-0.39, 0.29) is 37.9 Å². The molecule has 2 unspecified atom stereocenters. The van der Waals surface area contributed by atoms with Crippen LogP contribution in [-0.4, -0.2) is 48.5 Å².